The van der Waals surface area contributed by atoms with E-state index in [0.29, 0.717) is 17.0 Å². The van der Waals surface area contributed by atoms with Crippen LogP contribution in [0.2, 0.25) is 0 Å². The van der Waals surface area contributed by atoms with Crippen LogP contribution in [0, 0.1) is 0 Å². The van der Waals surface area contributed by atoms with E-state index in [0.717, 1.165) is 5.56 Å². The van der Waals surface area contributed by atoms with Crippen LogP contribution in [0.5, 0.6) is 0 Å². The highest BCUT2D eigenvalue weighted by Crippen LogP contribution is 2.17. The van der Waals surface area contributed by atoms with E-state index >= 15 is 0 Å². The zero-order chi connectivity index (χ0) is 27.3. The summed E-state index contributed by atoms with van der Waals surface area (Å²) >= 11 is 0. The number of carbonyl (C=O) groups is 4. The third kappa shape index (κ3) is 8.02. The second kappa shape index (κ2) is 13.9. The molecule has 0 fully saturated rings. The Kier molecular flexibility index (Phi) is 10.1. The fourth-order valence-corrected chi connectivity index (χ4v) is 3.34. The number of amides is 4. The number of hydrazine groups is 1. The molecule has 3 aromatic rings. The third-order valence-electron chi connectivity index (χ3n) is 5.40. The lowest BCUT2D eigenvalue weighted by atomic mass is 10.1. The van der Waals surface area contributed by atoms with Gasteiger partial charge in [-0.3, -0.25) is 30.0 Å². The molecule has 0 bridgehead atoms. The topological polar surface area (TPSA) is 138 Å². The second-order valence-corrected chi connectivity index (χ2v) is 8.15. The summed E-state index contributed by atoms with van der Waals surface area (Å²) in [5.41, 5.74) is 6.88. The lowest BCUT2D eigenvalue weighted by molar-refractivity contribution is -0.132. The average molecular weight is 516 g/mol. The molecular weight excluding hydrogens is 486 g/mol. The number of oxime groups is 1. The van der Waals surface area contributed by atoms with Crippen LogP contribution in [0.1, 0.15) is 46.5 Å². The molecule has 4 N–H and O–H groups in total. The number of hydrogen-bond donors (Lipinski definition) is 4. The molecule has 3 rings (SSSR count). The van der Waals surface area contributed by atoms with Gasteiger partial charge in [0.05, 0.1) is 17.0 Å². The molecule has 0 unspecified atom stereocenters. The fraction of sp³-hybridized carbons (Fsp3) is 0.179. The molecule has 1 atom stereocenters. The predicted molar refractivity (Wildman–Crippen MR) is 143 cm³/mol. The first-order valence-corrected chi connectivity index (χ1v) is 12.0. The molecule has 0 aliphatic heterocycles. The molecule has 0 spiro atoms. The van der Waals surface area contributed by atoms with E-state index in [4.69, 9.17) is 4.84 Å². The molecule has 4 amide bonds. The molecule has 10 nitrogen and oxygen atoms in total. The maximum absolute atomic E-state index is 13.0. The van der Waals surface area contributed by atoms with Gasteiger partial charge in [0.15, 0.2) is 6.61 Å². The lowest BCUT2D eigenvalue weighted by Crippen LogP contribution is -2.52. The summed E-state index contributed by atoms with van der Waals surface area (Å²) in [4.78, 5) is 55.2. The predicted octanol–water partition coefficient (Wildman–Crippen LogP) is 3.04. The number of nitrogens with one attached hydrogen (secondary N) is 4. The minimum absolute atomic E-state index is 0.187. The zero-order valence-electron chi connectivity index (χ0n) is 21.1. The molecule has 0 saturated carbocycles. The van der Waals surface area contributed by atoms with Gasteiger partial charge >= 0.3 is 0 Å². The van der Waals surface area contributed by atoms with Gasteiger partial charge in [0.25, 0.3) is 23.6 Å². The molecule has 10 heteroatoms. The standard InChI is InChI=1S/C28H29N5O5/c1-3-23(28(37)32-31-25(34)18-38-33-19(2)20-12-6-4-7-13-20)29-27(36)22-16-10-11-17-24(22)30-26(35)21-14-8-5-9-15-21/h4-17,23H,3,18H2,1-2H3,(H,29,36)(H,30,35)(H,31,34)(H,32,37)/b33-19-/t23-/m0/s1. The van der Waals surface area contributed by atoms with E-state index in [1.807, 2.05) is 30.3 Å². The minimum Gasteiger partial charge on any atom is -0.385 e. The van der Waals surface area contributed by atoms with E-state index in [1.165, 1.54) is 6.07 Å². The van der Waals surface area contributed by atoms with E-state index < -0.39 is 30.4 Å². The van der Waals surface area contributed by atoms with Crippen LogP contribution in [0.3, 0.4) is 0 Å². The first-order valence-electron chi connectivity index (χ1n) is 12.0. The summed E-state index contributed by atoms with van der Waals surface area (Å²) in [5.74, 6) is -2.18. The summed E-state index contributed by atoms with van der Waals surface area (Å²) < 4.78 is 0. The Labute approximate surface area is 220 Å². The van der Waals surface area contributed by atoms with Gasteiger partial charge in [-0.2, -0.15) is 0 Å². The van der Waals surface area contributed by atoms with Crippen LogP contribution in [-0.2, 0) is 14.4 Å². The molecule has 0 saturated heterocycles. The Morgan fingerprint density at radius 3 is 2.05 bits per heavy atom. The van der Waals surface area contributed by atoms with Gasteiger partial charge in [-0.1, -0.05) is 72.7 Å². The molecule has 0 aliphatic carbocycles. The van der Waals surface area contributed by atoms with E-state index in [-0.39, 0.29) is 17.9 Å². The largest absolute Gasteiger partial charge is 0.385 e. The summed E-state index contributed by atoms with van der Waals surface area (Å²) in [6.07, 6.45) is 0.253. The van der Waals surface area contributed by atoms with Crippen LogP contribution in [-0.4, -0.2) is 42.0 Å². The Balaban J connectivity index is 1.52. The van der Waals surface area contributed by atoms with Crippen molar-refractivity contribution < 1.29 is 24.0 Å². The van der Waals surface area contributed by atoms with Crippen LogP contribution in [0.15, 0.2) is 90.1 Å². The first-order chi connectivity index (χ1) is 18.4. The number of para-hydroxylation sites is 1. The van der Waals surface area contributed by atoms with Gasteiger partial charge in [0, 0.05) is 5.56 Å². The zero-order valence-corrected chi connectivity index (χ0v) is 21.1. The second-order valence-electron chi connectivity index (χ2n) is 8.15. The number of hydrogen-bond acceptors (Lipinski definition) is 6. The quantitative estimate of drug-likeness (QED) is 0.243. The monoisotopic (exact) mass is 515 g/mol. The van der Waals surface area contributed by atoms with E-state index in [2.05, 4.69) is 26.6 Å². The van der Waals surface area contributed by atoms with Crippen LogP contribution in [0.25, 0.3) is 0 Å². The van der Waals surface area contributed by atoms with Crippen LogP contribution in [0.4, 0.5) is 5.69 Å². The molecule has 3 aromatic carbocycles. The number of benzene rings is 3. The maximum atomic E-state index is 13.0. The third-order valence-corrected chi connectivity index (χ3v) is 5.40. The number of rotatable bonds is 10. The van der Waals surface area contributed by atoms with Crippen LogP contribution >= 0.6 is 0 Å². The normalized spacial score (nSPS) is 11.6. The van der Waals surface area contributed by atoms with Crippen molar-refractivity contribution in [3.8, 4) is 0 Å². The Hall–Kier alpha value is -4.99. The number of anilines is 1. The fourth-order valence-electron chi connectivity index (χ4n) is 3.34. The summed E-state index contributed by atoms with van der Waals surface area (Å²) in [6.45, 7) is 3.04. The molecule has 196 valence electrons. The van der Waals surface area contributed by atoms with Gasteiger partial charge in [-0.25, -0.2) is 0 Å². The minimum atomic E-state index is -0.944. The van der Waals surface area contributed by atoms with Crippen molar-refractivity contribution in [1.29, 1.82) is 0 Å². The Morgan fingerprint density at radius 2 is 1.39 bits per heavy atom. The lowest BCUT2D eigenvalue weighted by Gasteiger charge is -2.18. The van der Waals surface area contributed by atoms with Gasteiger partial charge in [-0.05, 0) is 43.2 Å². The summed E-state index contributed by atoms with van der Waals surface area (Å²) in [6, 6.07) is 23.4. The summed E-state index contributed by atoms with van der Waals surface area (Å²) in [5, 5.41) is 9.24. The van der Waals surface area contributed by atoms with Crippen molar-refractivity contribution in [2.45, 2.75) is 26.3 Å². The number of nitrogens with zero attached hydrogens (tertiary/aromatic N) is 1. The van der Waals surface area contributed by atoms with Crippen LogP contribution < -0.4 is 21.5 Å². The van der Waals surface area contributed by atoms with Crippen molar-refractivity contribution in [2.24, 2.45) is 5.16 Å². The average Bonchev–Trinajstić information content (AvgIpc) is 2.95. The molecule has 0 radical (unpaired) electrons. The van der Waals surface area contributed by atoms with Crippen molar-refractivity contribution in [1.82, 2.24) is 16.2 Å². The molecule has 0 aromatic heterocycles. The van der Waals surface area contributed by atoms with E-state index in [9.17, 15) is 19.2 Å². The van der Waals surface area contributed by atoms with Crippen molar-refractivity contribution in [3.63, 3.8) is 0 Å². The van der Waals surface area contributed by atoms with E-state index in [1.54, 1.807) is 62.4 Å². The van der Waals surface area contributed by atoms with Gasteiger partial charge < -0.3 is 15.5 Å². The summed E-state index contributed by atoms with van der Waals surface area (Å²) in [7, 11) is 0. The molecular formula is C28H29N5O5. The highest BCUT2D eigenvalue weighted by atomic mass is 16.6. The smallest absolute Gasteiger partial charge is 0.279 e. The van der Waals surface area contributed by atoms with Gasteiger partial charge in [-0.15, -0.1) is 0 Å². The molecule has 0 heterocycles. The SMILES string of the molecule is CC[C@H](NC(=O)c1ccccc1NC(=O)c1ccccc1)C(=O)NNC(=O)CO/N=C(/C)c1ccccc1. The molecule has 38 heavy (non-hydrogen) atoms. The van der Waals surface area contributed by atoms with Gasteiger partial charge in [0.1, 0.15) is 6.04 Å². The molecule has 0 aliphatic rings. The van der Waals surface area contributed by atoms with Gasteiger partial charge in [0.2, 0.25) is 0 Å². The Morgan fingerprint density at radius 1 is 0.789 bits per heavy atom. The first kappa shape index (κ1) is 27.6. The number of carbonyl (C=O) groups excluding carboxylic acids is 4. The highest BCUT2D eigenvalue weighted by molar-refractivity contribution is 6.09. The Bertz CT molecular complexity index is 1300. The van der Waals surface area contributed by atoms with Crippen molar-refractivity contribution in [2.75, 3.05) is 11.9 Å². The maximum Gasteiger partial charge on any atom is 0.279 e. The van der Waals surface area contributed by atoms with Crippen molar-refractivity contribution in [3.05, 3.63) is 102 Å². The highest BCUT2D eigenvalue weighted by Gasteiger charge is 2.22. The van der Waals surface area contributed by atoms with Crippen molar-refractivity contribution >= 4 is 35.0 Å².